The number of aromatic nitrogens is 1. The number of nitrogens with zero attached hydrogens (tertiary/aromatic N) is 2. The van der Waals surface area contributed by atoms with E-state index in [2.05, 4.69) is 52.6 Å². The molecular weight excluding hydrogens is 198 g/mol. The molecule has 0 unspecified atom stereocenters. The molecule has 0 spiro atoms. The highest BCUT2D eigenvalue weighted by molar-refractivity contribution is 5.92. The fourth-order valence-electron chi connectivity index (χ4n) is 2.10. The van der Waals surface area contributed by atoms with Gasteiger partial charge in [0.2, 0.25) is 0 Å². The molecule has 1 aliphatic rings. The second-order valence-corrected chi connectivity index (χ2v) is 4.28. The van der Waals surface area contributed by atoms with Crippen molar-refractivity contribution >= 4 is 16.6 Å². The van der Waals surface area contributed by atoms with E-state index in [0.29, 0.717) is 6.04 Å². The smallest absolute Gasteiger partial charge is 0.136 e. The Labute approximate surface area is 95.1 Å². The van der Waals surface area contributed by atoms with Crippen LogP contribution in [0.3, 0.4) is 0 Å². The van der Waals surface area contributed by atoms with Crippen molar-refractivity contribution in [1.29, 1.82) is 0 Å². The van der Waals surface area contributed by atoms with E-state index in [1.807, 2.05) is 6.20 Å². The molecule has 0 aliphatic carbocycles. The number of benzene rings is 1. The monoisotopic (exact) mass is 213 g/mol. The van der Waals surface area contributed by atoms with Crippen LogP contribution in [0.2, 0.25) is 0 Å². The lowest BCUT2D eigenvalue weighted by atomic mass is 10.1. The standard InChI is InChI=1S/C13H15N3/c1-16(11-8-14-9-11)13-12-5-3-2-4-10(12)6-7-15-13/h2-7,11,14H,8-9H2,1H3. The Kier molecular flexibility index (Phi) is 2.26. The molecule has 0 bridgehead atoms. The molecule has 1 aromatic carbocycles. The first kappa shape index (κ1) is 9.60. The van der Waals surface area contributed by atoms with Crippen LogP contribution >= 0.6 is 0 Å². The molecule has 1 fully saturated rings. The predicted octanol–water partition coefficient (Wildman–Crippen LogP) is 1.64. The van der Waals surface area contributed by atoms with E-state index in [-0.39, 0.29) is 0 Å². The first-order valence-corrected chi connectivity index (χ1v) is 5.63. The zero-order valence-electron chi connectivity index (χ0n) is 9.35. The van der Waals surface area contributed by atoms with E-state index < -0.39 is 0 Å². The van der Waals surface area contributed by atoms with Crippen molar-refractivity contribution < 1.29 is 0 Å². The molecule has 3 rings (SSSR count). The second kappa shape index (κ2) is 3.76. The van der Waals surface area contributed by atoms with Crippen molar-refractivity contribution in [2.24, 2.45) is 0 Å². The van der Waals surface area contributed by atoms with Gasteiger partial charge in [0.15, 0.2) is 0 Å². The van der Waals surface area contributed by atoms with Crippen molar-refractivity contribution in [3.8, 4) is 0 Å². The number of likely N-dealkylation sites (N-methyl/N-ethyl adjacent to an activating group) is 1. The third-order valence-corrected chi connectivity index (χ3v) is 3.29. The van der Waals surface area contributed by atoms with E-state index >= 15 is 0 Å². The molecule has 2 aromatic rings. The van der Waals surface area contributed by atoms with Crippen molar-refractivity contribution in [2.75, 3.05) is 25.0 Å². The van der Waals surface area contributed by atoms with Gasteiger partial charge >= 0.3 is 0 Å². The van der Waals surface area contributed by atoms with E-state index in [4.69, 9.17) is 0 Å². The molecule has 3 heteroatoms. The normalized spacial score (nSPS) is 16.1. The fourth-order valence-corrected chi connectivity index (χ4v) is 2.10. The molecule has 0 saturated carbocycles. The van der Waals surface area contributed by atoms with Crippen LogP contribution in [-0.4, -0.2) is 31.2 Å². The maximum atomic E-state index is 4.51. The first-order chi connectivity index (χ1) is 7.86. The van der Waals surface area contributed by atoms with E-state index in [9.17, 15) is 0 Å². The van der Waals surface area contributed by atoms with Gasteiger partial charge < -0.3 is 10.2 Å². The predicted molar refractivity (Wildman–Crippen MR) is 66.8 cm³/mol. The minimum atomic E-state index is 0.582. The topological polar surface area (TPSA) is 28.2 Å². The van der Waals surface area contributed by atoms with Crippen molar-refractivity contribution in [2.45, 2.75) is 6.04 Å². The lowest BCUT2D eigenvalue weighted by molar-refractivity contribution is 0.427. The molecule has 82 valence electrons. The summed E-state index contributed by atoms with van der Waals surface area (Å²) in [7, 11) is 2.13. The van der Waals surface area contributed by atoms with Gasteiger partial charge in [-0.15, -0.1) is 0 Å². The van der Waals surface area contributed by atoms with Gasteiger partial charge in [-0.05, 0) is 11.5 Å². The van der Waals surface area contributed by atoms with Gasteiger partial charge in [0.1, 0.15) is 5.82 Å². The van der Waals surface area contributed by atoms with Gasteiger partial charge in [-0.3, -0.25) is 0 Å². The summed E-state index contributed by atoms with van der Waals surface area (Å²) in [6.07, 6.45) is 1.89. The number of anilines is 1. The van der Waals surface area contributed by atoms with Gasteiger partial charge in [0.25, 0.3) is 0 Å². The molecule has 0 amide bonds. The lowest BCUT2D eigenvalue weighted by Crippen LogP contribution is -2.56. The van der Waals surface area contributed by atoms with Crippen LogP contribution in [0, 0.1) is 0 Å². The van der Waals surface area contributed by atoms with E-state index in [1.165, 1.54) is 10.8 Å². The van der Waals surface area contributed by atoms with Gasteiger partial charge in [0, 0.05) is 31.7 Å². The third kappa shape index (κ3) is 1.44. The zero-order chi connectivity index (χ0) is 11.0. The number of hydrogen-bond donors (Lipinski definition) is 1. The summed E-state index contributed by atoms with van der Waals surface area (Å²) < 4.78 is 0. The van der Waals surface area contributed by atoms with Crippen LogP contribution in [0.1, 0.15) is 0 Å². The zero-order valence-corrected chi connectivity index (χ0v) is 9.35. The minimum absolute atomic E-state index is 0.582. The van der Waals surface area contributed by atoms with E-state index in [0.717, 1.165) is 18.9 Å². The number of rotatable bonds is 2. The molecule has 0 atom stereocenters. The summed E-state index contributed by atoms with van der Waals surface area (Å²) in [6.45, 7) is 2.11. The number of hydrogen-bond acceptors (Lipinski definition) is 3. The molecule has 1 N–H and O–H groups in total. The maximum Gasteiger partial charge on any atom is 0.136 e. The van der Waals surface area contributed by atoms with Crippen molar-refractivity contribution in [1.82, 2.24) is 10.3 Å². The summed E-state index contributed by atoms with van der Waals surface area (Å²) in [5.41, 5.74) is 0. The third-order valence-electron chi connectivity index (χ3n) is 3.29. The Bertz CT molecular complexity index is 500. The van der Waals surface area contributed by atoms with Crippen LogP contribution in [0.15, 0.2) is 36.5 Å². The van der Waals surface area contributed by atoms with Gasteiger partial charge in [-0.25, -0.2) is 4.98 Å². The number of pyridine rings is 1. The molecule has 16 heavy (non-hydrogen) atoms. The fraction of sp³-hybridized carbons (Fsp3) is 0.308. The largest absolute Gasteiger partial charge is 0.354 e. The van der Waals surface area contributed by atoms with Gasteiger partial charge in [-0.1, -0.05) is 24.3 Å². The Hall–Kier alpha value is -1.61. The number of fused-ring (bicyclic) bond motifs is 1. The lowest BCUT2D eigenvalue weighted by Gasteiger charge is -2.36. The highest BCUT2D eigenvalue weighted by Gasteiger charge is 2.23. The van der Waals surface area contributed by atoms with Crippen LogP contribution in [-0.2, 0) is 0 Å². The van der Waals surface area contributed by atoms with Crippen LogP contribution in [0.25, 0.3) is 10.8 Å². The summed E-state index contributed by atoms with van der Waals surface area (Å²) in [4.78, 5) is 6.78. The Balaban J connectivity index is 2.08. The SMILES string of the molecule is CN(c1nccc2ccccc12)C1CNC1. The summed E-state index contributed by atoms with van der Waals surface area (Å²) in [5, 5.41) is 5.78. The minimum Gasteiger partial charge on any atom is -0.354 e. The maximum absolute atomic E-state index is 4.51. The van der Waals surface area contributed by atoms with Gasteiger partial charge in [-0.2, -0.15) is 0 Å². The second-order valence-electron chi connectivity index (χ2n) is 4.28. The highest BCUT2D eigenvalue weighted by atomic mass is 15.3. The molecule has 1 aromatic heterocycles. The van der Waals surface area contributed by atoms with Gasteiger partial charge in [0.05, 0.1) is 6.04 Å². The van der Waals surface area contributed by atoms with Crippen LogP contribution < -0.4 is 10.2 Å². The Morgan fingerprint density at radius 1 is 1.25 bits per heavy atom. The Morgan fingerprint density at radius 3 is 2.81 bits per heavy atom. The Morgan fingerprint density at radius 2 is 2.06 bits per heavy atom. The number of nitrogens with one attached hydrogen (secondary N) is 1. The summed E-state index contributed by atoms with van der Waals surface area (Å²) >= 11 is 0. The first-order valence-electron chi connectivity index (χ1n) is 5.63. The molecule has 1 saturated heterocycles. The van der Waals surface area contributed by atoms with Crippen LogP contribution in [0.4, 0.5) is 5.82 Å². The molecular formula is C13H15N3. The quantitative estimate of drug-likeness (QED) is 0.822. The van der Waals surface area contributed by atoms with Crippen LogP contribution in [0.5, 0.6) is 0 Å². The molecule has 2 heterocycles. The molecule has 1 aliphatic heterocycles. The van der Waals surface area contributed by atoms with Crippen molar-refractivity contribution in [3.63, 3.8) is 0 Å². The molecule has 3 nitrogen and oxygen atoms in total. The molecule has 0 radical (unpaired) electrons. The van der Waals surface area contributed by atoms with E-state index in [1.54, 1.807) is 0 Å². The summed E-state index contributed by atoms with van der Waals surface area (Å²) in [5.74, 6) is 1.09. The van der Waals surface area contributed by atoms with Crippen molar-refractivity contribution in [3.05, 3.63) is 36.5 Å². The average molecular weight is 213 g/mol. The summed E-state index contributed by atoms with van der Waals surface area (Å²) in [6, 6.07) is 11.1. The average Bonchev–Trinajstić information content (AvgIpc) is 2.26. The highest BCUT2D eigenvalue weighted by Crippen LogP contribution is 2.25.